The number of hydrogen-bond donors (Lipinski definition) is 1. The van der Waals surface area contributed by atoms with Gasteiger partial charge in [0, 0.05) is 18.9 Å². The molecule has 0 amide bonds. The van der Waals surface area contributed by atoms with E-state index in [-0.39, 0.29) is 18.3 Å². The van der Waals surface area contributed by atoms with E-state index in [9.17, 15) is 9.90 Å². The van der Waals surface area contributed by atoms with Gasteiger partial charge in [0.25, 0.3) is 0 Å². The maximum absolute atomic E-state index is 12.9. The Hall–Kier alpha value is -1.39. The van der Waals surface area contributed by atoms with Crippen LogP contribution in [0.1, 0.15) is 75.8 Å². The van der Waals surface area contributed by atoms with Crippen LogP contribution >= 0.6 is 0 Å². The van der Waals surface area contributed by atoms with Crippen LogP contribution in [0.15, 0.2) is 18.2 Å². The van der Waals surface area contributed by atoms with Crippen molar-refractivity contribution < 1.29 is 19.4 Å². The Morgan fingerprint density at radius 2 is 2.10 bits per heavy atom. The van der Waals surface area contributed by atoms with Crippen molar-refractivity contribution in [2.45, 2.75) is 89.9 Å². The van der Waals surface area contributed by atoms with Gasteiger partial charge in [0.2, 0.25) is 0 Å². The van der Waals surface area contributed by atoms with Gasteiger partial charge in [-0.05, 0) is 80.4 Å². The summed E-state index contributed by atoms with van der Waals surface area (Å²) in [7, 11) is 0. The number of benzene rings is 1. The summed E-state index contributed by atoms with van der Waals surface area (Å²) in [4.78, 5) is 12.9. The number of hydrogen-bond acceptors (Lipinski definition) is 4. The van der Waals surface area contributed by atoms with Gasteiger partial charge in [-0.2, -0.15) is 0 Å². The predicted octanol–water partition coefficient (Wildman–Crippen LogP) is 5.19. The van der Waals surface area contributed by atoms with Gasteiger partial charge < -0.3 is 14.6 Å². The van der Waals surface area contributed by atoms with Gasteiger partial charge in [0.05, 0.1) is 6.10 Å². The minimum Gasteiger partial charge on any atom is -0.508 e. The zero-order valence-electron chi connectivity index (χ0n) is 17.8. The normalized spacial score (nSPS) is 30.0. The molecule has 0 aromatic heterocycles. The number of aromatic hydroxyl groups is 1. The number of fused-ring (bicyclic) bond motifs is 2. The zero-order valence-corrected chi connectivity index (χ0v) is 17.8. The van der Waals surface area contributed by atoms with Crippen molar-refractivity contribution in [1.82, 2.24) is 0 Å². The predicted molar refractivity (Wildman–Crippen MR) is 113 cm³/mol. The van der Waals surface area contributed by atoms with E-state index >= 15 is 0 Å². The minimum atomic E-state index is -0.0535. The second kappa shape index (κ2) is 9.61. The summed E-state index contributed by atoms with van der Waals surface area (Å²) < 4.78 is 12.1. The lowest BCUT2D eigenvalue weighted by molar-refractivity contribution is -0.191. The van der Waals surface area contributed by atoms with Crippen LogP contribution in [0.2, 0.25) is 0 Å². The fourth-order valence-corrected chi connectivity index (χ4v) is 5.71. The van der Waals surface area contributed by atoms with Crippen LogP contribution in [0.5, 0.6) is 5.75 Å². The van der Waals surface area contributed by atoms with Crippen LogP contribution < -0.4 is 0 Å². The van der Waals surface area contributed by atoms with Gasteiger partial charge in [-0.1, -0.05) is 31.9 Å². The van der Waals surface area contributed by atoms with Crippen molar-refractivity contribution in [3.8, 4) is 5.75 Å². The number of carbonyl (C=O) groups excluding carboxylic acids is 1. The molecule has 160 valence electrons. The van der Waals surface area contributed by atoms with Crippen molar-refractivity contribution in [3.63, 3.8) is 0 Å². The third-order valence-corrected chi connectivity index (χ3v) is 7.33. The summed E-state index contributed by atoms with van der Waals surface area (Å²) in [5.74, 6) is 1.79. The van der Waals surface area contributed by atoms with E-state index in [1.54, 1.807) is 6.07 Å². The van der Waals surface area contributed by atoms with Crippen molar-refractivity contribution >= 4 is 5.78 Å². The summed E-state index contributed by atoms with van der Waals surface area (Å²) >= 11 is 0. The van der Waals surface area contributed by atoms with Crippen LogP contribution in [0.3, 0.4) is 0 Å². The first-order chi connectivity index (χ1) is 14.2. The largest absolute Gasteiger partial charge is 0.508 e. The van der Waals surface area contributed by atoms with E-state index < -0.39 is 0 Å². The number of phenolic OH excluding ortho intramolecular Hbond substituents is 1. The molecule has 4 heteroatoms. The Morgan fingerprint density at radius 1 is 1.21 bits per heavy atom. The lowest BCUT2D eigenvalue weighted by Crippen LogP contribution is -2.30. The first-order valence-corrected chi connectivity index (χ1v) is 11.7. The van der Waals surface area contributed by atoms with Gasteiger partial charge in [0.15, 0.2) is 6.29 Å². The third kappa shape index (κ3) is 4.86. The molecule has 2 aliphatic carbocycles. The summed E-state index contributed by atoms with van der Waals surface area (Å²) in [5.41, 5.74) is 2.31. The summed E-state index contributed by atoms with van der Waals surface area (Å²) in [6.07, 6.45) is 11.2. The lowest BCUT2D eigenvalue weighted by atomic mass is 9.73. The number of phenols is 1. The van der Waals surface area contributed by atoms with E-state index in [4.69, 9.17) is 9.47 Å². The molecule has 2 fully saturated rings. The van der Waals surface area contributed by atoms with Crippen molar-refractivity contribution in [2.24, 2.45) is 17.8 Å². The fourth-order valence-electron chi connectivity index (χ4n) is 5.71. The SMILES string of the molecule is CCCC[C@@H](CC[C@H]1C(=O)C[C@@H]2Cc3c(O)cccc3C[C@@H]21)OC1CCCCO1. The number of rotatable bonds is 8. The molecule has 1 aliphatic heterocycles. The van der Waals surface area contributed by atoms with Gasteiger partial charge >= 0.3 is 0 Å². The average Bonchev–Trinajstić information content (AvgIpc) is 3.04. The van der Waals surface area contributed by atoms with Gasteiger partial charge in [-0.15, -0.1) is 0 Å². The molecule has 4 nitrogen and oxygen atoms in total. The van der Waals surface area contributed by atoms with Gasteiger partial charge in [-0.3, -0.25) is 4.79 Å². The molecule has 29 heavy (non-hydrogen) atoms. The van der Waals surface area contributed by atoms with E-state index in [1.165, 1.54) is 18.4 Å². The van der Waals surface area contributed by atoms with Crippen LogP contribution in [0.25, 0.3) is 0 Å². The maximum atomic E-state index is 12.9. The Balaban J connectivity index is 1.38. The Labute approximate surface area is 175 Å². The molecule has 0 radical (unpaired) electrons. The molecule has 1 saturated heterocycles. The quantitative estimate of drug-likeness (QED) is 0.652. The maximum Gasteiger partial charge on any atom is 0.157 e. The summed E-state index contributed by atoms with van der Waals surface area (Å²) in [5, 5.41) is 10.2. The molecule has 0 spiro atoms. The molecule has 0 bridgehead atoms. The molecule has 1 saturated carbocycles. The smallest absolute Gasteiger partial charge is 0.157 e. The zero-order chi connectivity index (χ0) is 20.2. The molecular formula is C25H36O4. The van der Waals surface area contributed by atoms with Crippen LogP contribution in [-0.2, 0) is 27.1 Å². The molecule has 1 unspecified atom stereocenters. The number of Topliss-reactive ketones (excluding diaryl/α,β-unsaturated/α-hetero) is 1. The van der Waals surface area contributed by atoms with Crippen molar-refractivity contribution in [3.05, 3.63) is 29.3 Å². The van der Waals surface area contributed by atoms with E-state index in [2.05, 4.69) is 13.0 Å². The number of ketones is 1. The van der Waals surface area contributed by atoms with Crippen LogP contribution in [0, 0.1) is 17.8 Å². The molecule has 1 aromatic carbocycles. The standard InChI is InChI=1S/C25H36O4/c1-2-3-8-19(29-25-10-4-5-13-28-25)11-12-20-21-14-17-7-6-9-23(26)22(17)15-18(21)16-24(20)27/h6-7,9,18-21,25-26H,2-5,8,10-16H2,1H3/t18-,19-,20+,21-,25?/m0/s1. The highest BCUT2D eigenvalue weighted by atomic mass is 16.7. The molecule has 3 aliphatic rings. The molecule has 1 heterocycles. The highest BCUT2D eigenvalue weighted by Crippen LogP contribution is 2.46. The van der Waals surface area contributed by atoms with E-state index in [1.807, 2.05) is 6.07 Å². The topological polar surface area (TPSA) is 55.8 Å². The van der Waals surface area contributed by atoms with Crippen molar-refractivity contribution in [1.29, 1.82) is 0 Å². The van der Waals surface area contributed by atoms with Crippen LogP contribution in [-0.4, -0.2) is 29.9 Å². The highest BCUT2D eigenvalue weighted by Gasteiger charge is 2.44. The molecule has 1 N–H and O–H groups in total. The number of ether oxygens (including phenoxy) is 2. The molecule has 1 aromatic rings. The summed E-state index contributed by atoms with van der Waals surface area (Å²) in [6, 6.07) is 5.83. The number of unbranched alkanes of at least 4 members (excludes halogenated alkanes) is 1. The highest BCUT2D eigenvalue weighted by molar-refractivity contribution is 5.84. The first-order valence-electron chi connectivity index (χ1n) is 11.7. The van der Waals surface area contributed by atoms with Gasteiger partial charge in [0.1, 0.15) is 11.5 Å². The van der Waals surface area contributed by atoms with Crippen molar-refractivity contribution in [2.75, 3.05) is 6.61 Å². The minimum absolute atomic E-state index is 0.0535. The average molecular weight is 401 g/mol. The van der Waals surface area contributed by atoms with E-state index in [0.29, 0.717) is 29.8 Å². The fraction of sp³-hybridized carbons (Fsp3) is 0.720. The third-order valence-electron chi connectivity index (χ3n) is 7.33. The first kappa shape index (κ1) is 20.9. The monoisotopic (exact) mass is 400 g/mol. The van der Waals surface area contributed by atoms with Gasteiger partial charge in [-0.25, -0.2) is 0 Å². The molecular weight excluding hydrogens is 364 g/mol. The molecule has 5 atom stereocenters. The second-order valence-electron chi connectivity index (χ2n) is 9.30. The summed E-state index contributed by atoms with van der Waals surface area (Å²) in [6.45, 7) is 3.02. The molecule has 4 rings (SSSR count). The Kier molecular flexibility index (Phi) is 6.92. The van der Waals surface area contributed by atoms with E-state index in [0.717, 1.165) is 63.5 Å². The lowest BCUT2D eigenvalue weighted by Gasteiger charge is -2.32. The Morgan fingerprint density at radius 3 is 2.90 bits per heavy atom. The Bertz CT molecular complexity index is 694. The van der Waals surface area contributed by atoms with Crippen LogP contribution in [0.4, 0.5) is 0 Å². The second-order valence-corrected chi connectivity index (χ2v) is 9.30. The number of carbonyl (C=O) groups is 1.